The molecule has 0 aliphatic heterocycles. The van der Waals surface area contributed by atoms with E-state index < -0.39 is 0 Å². The number of aryl methyl sites for hydroxylation is 1. The van der Waals surface area contributed by atoms with E-state index >= 15 is 0 Å². The number of rotatable bonds is 12. The van der Waals surface area contributed by atoms with Crippen LogP contribution in [-0.4, -0.2) is 19.1 Å². The number of carbonyl (C=O) groups excluding carboxylic acids is 1. The maximum absolute atomic E-state index is 12.0. The van der Waals surface area contributed by atoms with Gasteiger partial charge in [-0.2, -0.15) is 0 Å². The Morgan fingerprint density at radius 1 is 0.815 bits per heavy atom. The second-order valence-corrected chi connectivity index (χ2v) is 6.58. The van der Waals surface area contributed by atoms with Gasteiger partial charge in [0.2, 0.25) is 5.91 Å². The van der Waals surface area contributed by atoms with Crippen molar-refractivity contribution in [2.45, 2.75) is 52.4 Å². The molecule has 0 saturated heterocycles. The van der Waals surface area contributed by atoms with Gasteiger partial charge in [0.25, 0.3) is 0 Å². The predicted octanol–water partition coefficient (Wildman–Crippen LogP) is 5.62. The molecule has 4 nitrogen and oxygen atoms in total. The summed E-state index contributed by atoms with van der Waals surface area (Å²) >= 11 is 0. The number of nitrogens with one attached hydrogen (secondary N) is 1. The molecule has 1 amide bonds. The van der Waals surface area contributed by atoms with Crippen molar-refractivity contribution in [3.63, 3.8) is 0 Å². The maximum atomic E-state index is 12.0. The van der Waals surface area contributed by atoms with Crippen molar-refractivity contribution in [3.8, 4) is 11.5 Å². The molecule has 146 valence electrons. The zero-order valence-corrected chi connectivity index (χ0v) is 16.5. The number of amides is 1. The minimum Gasteiger partial charge on any atom is -0.494 e. The molecule has 0 aromatic heterocycles. The first kappa shape index (κ1) is 20.8. The molecule has 0 saturated carbocycles. The number of unbranched alkanes of at least 4 members (excludes halogenated alkanes) is 2. The SMILES string of the molecule is CCCCCOc1ccc(NC(=O)CCCOc2ccc(CC)cc2)cc1. The van der Waals surface area contributed by atoms with E-state index in [1.807, 2.05) is 36.4 Å². The van der Waals surface area contributed by atoms with E-state index in [2.05, 4.69) is 31.3 Å². The molecule has 1 N–H and O–H groups in total. The van der Waals surface area contributed by atoms with Crippen LogP contribution in [0.4, 0.5) is 5.69 Å². The molecular weight excluding hydrogens is 338 g/mol. The second-order valence-electron chi connectivity index (χ2n) is 6.58. The molecule has 0 fully saturated rings. The largest absolute Gasteiger partial charge is 0.494 e. The molecule has 0 aliphatic rings. The van der Waals surface area contributed by atoms with Crippen LogP contribution in [0.2, 0.25) is 0 Å². The smallest absolute Gasteiger partial charge is 0.224 e. The molecule has 0 atom stereocenters. The van der Waals surface area contributed by atoms with Crippen LogP contribution in [0.1, 0.15) is 51.5 Å². The van der Waals surface area contributed by atoms with Crippen molar-refractivity contribution < 1.29 is 14.3 Å². The van der Waals surface area contributed by atoms with E-state index in [4.69, 9.17) is 9.47 Å². The zero-order valence-electron chi connectivity index (χ0n) is 16.5. The molecule has 27 heavy (non-hydrogen) atoms. The van der Waals surface area contributed by atoms with Crippen LogP contribution in [0, 0.1) is 0 Å². The maximum Gasteiger partial charge on any atom is 0.224 e. The van der Waals surface area contributed by atoms with Crippen LogP contribution >= 0.6 is 0 Å². The average molecular weight is 370 g/mol. The quantitative estimate of drug-likeness (QED) is 0.494. The predicted molar refractivity (Wildman–Crippen MR) is 111 cm³/mol. The summed E-state index contributed by atoms with van der Waals surface area (Å²) in [6.45, 7) is 5.57. The number of ether oxygens (including phenoxy) is 2. The Hall–Kier alpha value is -2.49. The van der Waals surface area contributed by atoms with Crippen LogP contribution in [0.5, 0.6) is 11.5 Å². The highest BCUT2D eigenvalue weighted by atomic mass is 16.5. The summed E-state index contributed by atoms with van der Waals surface area (Å²) in [6.07, 6.45) is 5.57. The fourth-order valence-electron chi connectivity index (χ4n) is 2.64. The van der Waals surface area contributed by atoms with Crippen molar-refractivity contribution in [1.29, 1.82) is 0 Å². The number of anilines is 1. The fraction of sp³-hybridized carbons (Fsp3) is 0.435. The third-order valence-corrected chi connectivity index (χ3v) is 4.30. The Kier molecular flexibility index (Phi) is 9.25. The molecular formula is C23H31NO3. The van der Waals surface area contributed by atoms with E-state index in [9.17, 15) is 4.79 Å². The molecule has 4 heteroatoms. The van der Waals surface area contributed by atoms with E-state index in [0.717, 1.165) is 36.6 Å². The number of benzene rings is 2. The van der Waals surface area contributed by atoms with Gasteiger partial charge in [-0.15, -0.1) is 0 Å². The summed E-state index contributed by atoms with van der Waals surface area (Å²) < 4.78 is 11.4. The number of hydrogen-bond acceptors (Lipinski definition) is 3. The van der Waals surface area contributed by atoms with Gasteiger partial charge in [0.1, 0.15) is 11.5 Å². The van der Waals surface area contributed by atoms with Crippen molar-refractivity contribution in [3.05, 3.63) is 54.1 Å². The minimum atomic E-state index is -0.00320. The van der Waals surface area contributed by atoms with Crippen molar-refractivity contribution >= 4 is 11.6 Å². The monoisotopic (exact) mass is 369 g/mol. The zero-order chi connectivity index (χ0) is 19.3. The van der Waals surface area contributed by atoms with E-state index in [0.29, 0.717) is 19.4 Å². The lowest BCUT2D eigenvalue weighted by atomic mass is 10.2. The summed E-state index contributed by atoms with van der Waals surface area (Å²) in [7, 11) is 0. The highest BCUT2D eigenvalue weighted by Gasteiger charge is 2.03. The highest BCUT2D eigenvalue weighted by molar-refractivity contribution is 5.90. The van der Waals surface area contributed by atoms with Gasteiger partial charge in [-0.25, -0.2) is 0 Å². The van der Waals surface area contributed by atoms with E-state index in [1.165, 1.54) is 18.4 Å². The first-order valence-corrected chi connectivity index (χ1v) is 9.95. The minimum absolute atomic E-state index is 0.00320. The van der Waals surface area contributed by atoms with E-state index in [1.54, 1.807) is 0 Å². The molecule has 0 aliphatic carbocycles. The molecule has 0 spiro atoms. The molecule has 0 radical (unpaired) electrons. The van der Waals surface area contributed by atoms with Gasteiger partial charge < -0.3 is 14.8 Å². The Balaban J connectivity index is 1.63. The molecule has 2 rings (SSSR count). The number of hydrogen-bond donors (Lipinski definition) is 1. The van der Waals surface area contributed by atoms with Gasteiger partial charge >= 0.3 is 0 Å². The lowest BCUT2D eigenvalue weighted by molar-refractivity contribution is -0.116. The Bertz CT molecular complexity index is 665. The molecule has 0 heterocycles. The summed E-state index contributed by atoms with van der Waals surface area (Å²) in [5.41, 5.74) is 2.08. The Morgan fingerprint density at radius 2 is 1.41 bits per heavy atom. The van der Waals surface area contributed by atoms with Crippen LogP contribution in [-0.2, 0) is 11.2 Å². The van der Waals surface area contributed by atoms with Crippen LogP contribution < -0.4 is 14.8 Å². The van der Waals surface area contributed by atoms with Crippen molar-refractivity contribution in [2.24, 2.45) is 0 Å². The van der Waals surface area contributed by atoms with Gasteiger partial charge in [0, 0.05) is 12.1 Å². The summed E-state index contributed by atoms with van der Waals surface area (Å²) in [6, 6.07) is 15.6. The van der Waals surface area contributed by atoms with Gasteiger partial charge in [-0.1, -0.05) is 38.8 Å². The number of carbonyl (C=O) groups is 1. The topological polar surface area (TPSA) is 47.6 Å². The lowest BCUT2D eigenvalue weighted by Gasteiger charge is -2.09. The normalized spacial score (nSPS) is 10.4. The molecule has 0 unspecified atom stereocenters. The lowest BCUT2D eigenvalue weighted by Crippen LogP contribution is -2.12. The fourth-order valence-corrected chi connectivity index (χ4v) is 2.64. The van der Waals surface area contributed by atoms with Crippen molar-refractivity contribution in [1.82, 2.24) is 0 Å². The van der Waals surface area contributed by atoms with Gasteiger partial charge in [-0.3, -0.25) is 4.79 Å². The first-order valence-electron chi connectivity index (χ1n) is 9.95. The molecule has 2 aromatic rings. The van der Waals surface area contributed by atoms with Gasteiger partial charge in [-0.05, 0) is 61.2 Å². The third kappa shape index (κ3) is 8.16. The second kappa shape index (κ2) is 12.0. The van der Waals surface area contributed by atoms with Gasteiger partial charge in [0.05, 0.1) is 13.2 Å². The molecule has 0 bridgehead atoms. The molecule has 2 aromatic carbocycles. The standard InChI is InChI=1S/C23H31NO3/c1-3-5-6-17-26-22-15-11-20(12-16-22)24-23(25)8-7-18-27-21-13-9-19(4-2)10-14-21/h9-16H,3-8,17-18H2,1-2H3,(H,24,25). The van der Waals surface area contributed by atoms with Gasteiger partial charge in [0.15, 0.2) is 0 Å². The highest BCUT2D eigenvalue weighted by Crippen LogP contribution is 2.17. The third-order valence-electron chi connectivity index (χ3n) is 4.30. The van der Waals surface area contributed by atoms with Crippen molar-refractivity contribution in [2.75, 3.05) is 18.5 Å². The average Bonchev–Trinajstić information content (AvgIpc) is 2.70. The summed E-state index contributed by atoms with van der Waals surface area (Å²) in [5, 5.41) is 2.91. The van der Waals surface area contributed by atoms with E-state index in [-0.39, 0.29) is 5.91 Å². The van der Waals surface area contributed by atoms with Crippen LogP contribution in [0.15, 0.2) is 48.5 Å². The first-order chi connectivity index (χ1) is 13.2. The van der Waals surface area contributed by atoms with Crippen LogP contribution in [0.3, 0.4) is 0 Å². The Morgan fingerprint density at radius 3 is 2.00 bits per heavy atom. The summed E-state index contributed by atoms with van der Waals surface area (Å²) in [5.74, 6) is 1.69. The Labute approximate surface area is 162 Å². The van der Waals surface area contributed by atoms with Crippen LogP contribution in [0.25, 0.3) is 0 Å². The summed E-state index contributed by atoms with van der Waals surface area (Å²) in [4.78, 5) is 12.0.